The van der Waals surface area contributed by atoms with Crippen molar-refractivity contribution >= 4 is 17.6 Å². The number of carbonyl (C=O) groups excluding carboxylic acids is 2. The number of nitrogens with one attached hydrogen (secondary N) is 2. The zero-order chi connectivity index (χ0) is 20.4. The van der Waals surface area contributed by atoms with Gasteiger partial charge in [0.2, 0.25) is 0 Å². The summed E-state index contributed by atoms with van der Waals surface area (Å²) in [6.45, 7) is 4.35. The summed E-state index contributed by atoms with van der Waals surface area (Å²) in [5.74, 6) is 1.66. The molecule has 0 spiro atoms. The molecule has 152 valence electrons. The number of methoxy groups -OCH3 is 1. The highest BCUT2D eigenvalue weighted by atomic mass is 16.6. The highest BCUT2D eigenvalue weighted by Crippen LogP contribution is 2.36. The van der Waals surface area contributed by atoms with Crippen molar-refractivity contribution in [2.75, 3.05) is 38.3 Å². The number of amides is 3. The maximum Gasteiger partial charge on any atom is 0.322 e. The number of nitrogens with zero attached hydrogens (tertiary/aromatic N) is 1. The lowest BCUT2D eigenvalue weighted by molar-refractivity contribution is 0.0950. The second kappa shape index (κ2) is 7.90. The first-order valence-electron chi connectivity index (χ1n) is 9.47. The fourth-order valence-electron chi connectivity index (χ4n) is 3.46. The van der Waals surface area contributed by atoms with Gasteiger partial charge in [-0.1, -0.05) is 6.07 Å². The van der Waals surface area contributed by atoms with Gasteiger partial charge in [0.25, 0.3) is 5.91 Å². The van der Waals surface area contributed by atoms with Gasteiger partial charge in [-0.05, 0) is 30.7 Å². The van der Waals surface area contributed by atoms with Crippen molar-refractivity contribution in [2.24, 2.45) is 0 Å². The predicted octanol–water partition coefficient (Wildman–Crippen LogP) is 2.23. The molecule has 0 unspecified atom stereocenters. The van der Waals surface area contributed by atoms with Crippen molar-refractivity contribution in [3.8, 4) is 17.2 Å². The van der Waals surface area contributed by atoms with E-state index in [1.54, 1.807) is 30.2 Å². The van der Waals surface area contributed by atoms with Gasteiger partial charge in [0.15, 0.2) is 11.5 Å². The Kier molecular flexibility index (Phi) is 5.16. The number of fused-ring (bicyclic) bond motifs is 1. The molecule has 0 bridgehead atoms. The van der Waals surface area contributed by atoms with Crippen LogP contribution in [0.15, 0.2) is 30.3 Å². The number of hydrogen-bond acceptors (Lipinski definition) is 5. The van der Waals surface area contributed by atoms with Crippen LogP contribution in [0.2, 0.25) is 0 Å². The Labute approximate surface area is 168 Å². The topological polar surface area (TPSA) is 89.1 Å². The standard InChI is InChI=1S/C21H23N3O5/c1-13-3-4-14(9-16(13)24-6-5-22-21(24)26)20(25)23-12-15-10-18-19(11-17(15)27-2)29-8-7-28-18/h3-4,9-11H,5-8,12H2,1-2H3,(H,22,26)(H,23,25). The highest BCUT2D eigenvalue weighted by Gasteiger charge is 2.23. The number of carbonyl (C=O) groups is 2. The van der Waals surface area contributed by atoms with Gasteiger partial charge in [-0.3, -0.25) is 9.69 Å². The number of ether oxygens (including phenoxy) is 3. The van der Waals surface area contributed by atoms with Gasteiger partial charge in [-0.2, -0.15) is 0 Å². The third kappa shape index (κ3) is 3.78. The predicted molar refractivity (Wildman–Crippen MR) is 107 cm³/mol. The van der Waals surface area contributed by atoms with Crippen LogP contribution in [-0.4, -0.2) is 45.4 Å². The Bertz CT molecular complexity index is 960. The first kappa shape index (κ1) is 18.9. The van der Waals surface area contributed by atoms with Crippen LogP contribution in [0.25, 0.3) is 0 Å². The summed E-state index contributed by atoms with van der Waals surface area (Å²) < 4.78 is 16.6. The summed E-state index contributed by atoms with van der Waals surface area (Å²) in [6, 6.07) is 8.79. The van der Waals surface area contributed by atoms with Crippen LogP contribution in [-0.2, 0) is 6.54 Å². The van der Waals surface area contributed by atoms with Crippen LogP contribution in [0.3, 0.4) is 0 Å². The maximum atomic E-state index is 12.7. The molecule has 2 aliphatic heterocycles. The summed E-state index contributed by atoms with van der Waals surface area (Å²) in [7, 11) is 1.57. The molecule has 3 amide bonds. The number of rotatable bonds is 5. The summed E-state index contributed by atoms with van der Waals surface area (Å²) in [4.78, 5) is 26.4. The van der Waals surface area contributed by atoms with E-state index < -0.39 is 0 Å². The van der Waals surface area contributed by atoms with E-state index in [0.29, 0.717) is 49.1 Å². The van der Waals surface area contributed by atoms with E-state index in [2.05, 4.69) is 10.6 Å². The Morgan fingerprint density at radius 3 is 2.66 bits per heavy atom. The first-order chi connectivity index (χ1) is 14.1. The smallest absolute Gasteiger partial charge is 0.322 e. The highest BCUT2D eigenvalue weighted by molar-refractivity contribution is 5.99. The van der Waals surface area contributed by atoms with Gasteiger partial charge in [-0.15, -0.1) is 0 Å². The molecule has 0 saturated carbocycles. The van der Waals surface area contributed by atoms with Gasteiger partial charge < -0.3 is 24.8 Å². The minimum absolute atomic E-state index is 0.147. The normalized spacial score (nSPS) is 15.1. The summed E-state index contributed by atoms with van der Waals surface area (Å²) in [5, 5.41) is 5.69. The molecule has 1 fully saturated rings. The maximum absolute atomic E-state index is 12.7. The van der Waals surface area contributed by atoms with E-state index in [4.69, 9.17) is 14.2 Å². The van der Waals surface area contributed by atoms with Crippen LogP contribution in [0.1, 0.15) is 21.5 Å². The van der Waals surface area contributed by atoms with E-state index in [9.17, 15) is 9.59 Å². The average Bonchev–Trinajstić information content (AvgIpc) is 3.17. The largest absolute Gasteiger partial charge is 0.496 e. The summed E-state index contributed by atoms with van der Waals surface area (Å²) >= 11 is 0. The molecule has 0 aromatic heterocycles. The van der Waals surface area contributed by atoms with Crippen molar-refractivity contribution in [3.63, 3.8) is 0 Å². The quantitative estimate of drug-likeness (QED) is 0.808. The molecule has 2 aliphatic rings. The number of anilines is 1. The SMILES string of the molecule is COc1cc2c(cc1CNC(=O)c1ccc(C)c(N3CCNC3=O)c1)OCCO2. The van der Waals surface area contributed by atoms with Crippen molar-refractivity contribution in [1.82, 2.24) is 10.6 Å². The van der Waals surface area contributed by atoms with Crippen LogP contribution in [0, 0.1) is 6.92 Å². The van der Waals surface area contributed by atoms with E-state index in [1.165, 1.54) is 0 Å². The number of hydrogen-bond donors (Lipinski definition) is 2. The lowest BCUT2D eigenvalue weighted by Gasteiger charge is -2.21. The van der Waals surface area contributed by atoms with Crippen LogP contribution in [0.5, 0.6) is 17.2 Å². The second-order valence-corrected chi connectivity index (χ2v) is 6.88. The molecule has 1 saturated heterocycles. The molecule has 0 radical (unpaired) electrons. The Morgan fingerprint density at radius 1 is 1.21 bits per heavy atom. The summed E-state index contributed by atoms with van der Waals surface area (Å²) in [5.41, 5.74) is 2.95. The molecule has 0 aliphatic carbocycles. The Hall–Kier alpha value is -3.42. The number of aryl methyl sites for hydroxylation is 1. The molecule has 8 nitrogen and oxygen atoms in total. The van der Waals surface area contributed by atoms with Gasteiger partial charge in [-0.25, -0.2) is 4.79 Å². The molecule has 2 N–H and O–H groups in total. The first-order valence-corrected chi connectivity index (χ1v) is 9.47. The van der Waals surface area contributed by atoms with Gasteiger partial charge in [0.05, 0.1) is 7.11 Å². The Balaban J connectivity index is 1.51. The van der Waals surface area contributed by atoms with Gasteiger partial charge in [0, 0.05) is 42.5 Å². The molecule has 0 atom stereocenters. The van der Waals surface area contributed by atoms with Crippen LogP contribution in [0.4, 0.5) is 10.5 Å². The minimum Gasteiger partial charge on any atom is -0.496 e. The lowest BCUT2D eigenvalue weighted by atomic mass is 10.1. The monoisotopic (exact) mass is 397 g/mol. The van der Waals surface area contributed by atoms with E-state index >= 15 is 0 Å². The van der Waals surface area contributed by atoms with Gasteiger partial charge in [0.1, 0.15) is 19.0 Å². The zero-order valence-electron chi connectivity index (χ0n) is 16.4. The van der Waals surface area contributed by atoms with Gasteiger partial charge >= 0.3 is 6.03 Å². The molecule has 2 heterocycles. The van der Waals surface area contributed by atoms with Crippen molar-refractivity contribution in [2.45, 2.75) is 13.5 Å². The van der Waals surface area contributed by atoms with E-state index in [0.717, 1.165) is 16.8 Å². The molecule has 29 heavy (non-hydrogen) atoms. The molecule has 2 aromatic rings. The molecule has 2 aromatic carbocycles. The van der Waals surface area contributed by atoms with Crippen LogP contribution >= 0.6 is 0 Å². The fraction of sp³-hybridized carbons (Fsp3) is 0.333. The third-order valence-corrected chi connectivity index (χ3v) is 5.00. The van der Waals surface area contributed by atoms with E-state index in [-0.39, 0.29) is 18.5 Å². The Morgan fingerprint density at radius 2 is 1.97 bits per heavy atom. The zero-order valence-corrected chi connectivity index (χ0v) is 16.4. The number of benzene rings is 2. The van der Waals surface area contributed by atoms with Crippen molar-refractivity contribution in [3.05, 3.63) is 47.0 Å². The molecular weight excluding hydrogens is 374 g/mol. The molecular formula is C21H23N3O5. The fourth-order valence-corrected chi connectivity index (χ4v) is 3.46. The average molecular weight is 397 g/mol. The second-order valence-electron chi connectivity index (χ2n) is 6.88. The lowest BCUT2D eigenvalue weighted by Crippen LogP contribution is -2.29. The number of urea groups is 1. The minimum atomic E-state index is -0.234. The van der Waals surface area contributed by atoms with E-state index in [1.807, 2.05) is 19.1 Å². The van der Waals surface area contributed by atoms with Crippen molar-refractivity contribution < 1.29 is 23.8 Å². The molecule has 4 rings (SSSR count). The summed E-state index contributed by atoms with van der Waals surface area (Å²) in [6.07, 6.45) is 0. The molecule has 8 heteroatoms. The van der Waals surface area contributed by atoms with Crippen molar-refractivity contribution in [1.29, 1.82) is 0 Å². The van der Waals surface area contributed by atoms with Crippen LogP contribution < -0.4 is 29.7 Å². The third-order valence-electron chi connectivity index (χ3n) is 5.00.